The first-order valence-corrected chi connectivity index (χ1v) is 8.44. The third-order valence-electron chi connectivity index (χ3n) is 3.75. The predicted molar refractivity (Wildman–Crippen MR) is 95.9 cm³/mol. The van der Waals surface area contributed by atoms with Crippen molar-refractivity contribution in [3.8, 4) is 0 Å². The predicted octanol–water partition coefficient (Wildman–Crippen LogP) is 3.31. The van der Waals surface area contributed by atoms with Crippen molar-refractivity contribution in [2.24, 2.45) is 4.99 Å². The molecule has 0 atom stereocenters. The summed E-state index contributed by atoms with van der Waals surface area (Å²) in [6.07, 6.45) is -0.564. The maximum atomic E-state index is 12.6. The van der Waals surface area contributed by atoms with Gasteiger partial charge in [-0.15, -0.1) is 0 Å². The van der Waals surface area contributed by atoms with Crippen molar-refractivity contribution >= 4 is 5.96 Å². The van der Waals surface area contributed by atoms with Crippen LogP contribution in [0.2, 0.25) is 0 Å². The number of hydrogen-bond donors (Lipinski definition) is 1. The molecule has 26 heavy (non-hydrogen) atoms. The highest BCUT2D eigenvalue weighted by atomic mass is 19.4. The van der Waals surface area contributed by atoms with Crippen molar-refractivity contribution < 1.29 is 13.2 Å². The smallest absolute Gasteiger partial charge is 0.357 e. The highest BCUT2D eigenvalue weighted by Gasteiger charge is 2.29. The molecule has 0 saturated carbocycles. The zero-order valence-corrected chi connectivity index (χ0v) is 15.2. The molecule has 0 aliphatic rings. The van der Waals surface area contributed by atoms with Gasteiger partial charge in [0.05, 0.1) is 24.8 Å². The molecule has 5 nitrogen and oxygen atoms in total. The monoisotopic (exact) mass is 367 g/mol. The highest BCUT2D eigenvalue weighted by Crippen LogP contribution is 2.29. The van der Waals surface area contributed by atoms with Gasteiger partial charge in [-0.3, -0.25) is 9.67 Å². The molecule has 1 heterocycles. The Labute approximate surface area is 151 Å². The molecule has 0 aliphatic heterocycles. The van der Waals surface area contributed by atoms with E-state index in [1.54, 1.807) is 6.20 Å². The largest absolute Gasteiger partial charge is 0.416 e. The van der Waals surface area contributed by atoms with Crippen molar-refractivity contribution in [2.45, 2.75) is 33.1 Å². The van der Waals surface area contributed by atoms with E-state index < -0.39 is 11.7 Å². The molecule has 1 aromatic carbocycles. The number of alkyl halides is 3. The minimum Gasteiger partial charge on any atom is -0.357 e. The average molecular weight is 367 g/mol. The Kier molecular flexibility index (Phi) is 6.65. The summed E-state index contributed by atoms with van der Waals surface area (Å²) in [6, 6.07) is 5.20. The van der Waals surface area contributed by atoms with Crippen molar-refractivity contribution in [3.05, 3.63) is 53.3 Å². The van der Waals surface area contributed by atoms with E-state index in [1.807, 2.05) is 36.7 Å². The SMILES string of the molecule is CCNC(=NCCn1cc(C)cn1)N(C)Cc1ccc(C(F)(F)F)cc1. The van der Waals surface area contributed by atoms with Crippen molar-refractivity contribution in [1.29, 1.82) is 0 Å². The number of nitrogens with one attached hydrogen (secondary N) is 1. The van der Waals surface area contributed by atoms with E-state index >= 15 is 0 Å². The fraction of sp³-hybridized carbons (Fsp3) is 0.444. The molecular formula is C18H24F3N5. The van der Waals surface area contributed by atoms with Crippen LogP contribution in [-0.2, 0) is 19.3 Å². The summed E-state index contributed by atoms with van der Waals surface area (Å²) in [6.45, 7) is 6.34. The first-order valence-electron chi connectivity index (χ1n) is 8.44. The first-order chi connectivity index (χ1) is 12.3. The minimum absolute atomic E-state index is 0.463. The van der Waals surface area contributed by atoms with Crippen LogP contribution in [0, 0.1) is 6.92 Å². The molecule has 142 valence electrons. The lowest BCUT2D eigenvalue weighted by molar-refractivity contribution is -0.137. The molecule has 1 aromatic heterocycles. The van der Waals surface area contributed by atoms with Gasteiger partial charge in [0.25, 0.3) is 0 Å². The van der Waals surface area contributed by atoms with Gasteiger partial charge in [0.2, 0.25) is 0 Å². The number of rotatable bonds is 6. The number of guanidine groups is 1. The van der Waals surface area contributed by atoms with Crippen LogP contribution in [0.3, 0.4) is 0 Å². The van der Waals surface area contributed by atoms with E-state index in [9.17, 15) is 13.2 Å². The van der Waals surface area contributed by atoms with Crippen LogP contribution in [0.25, 0.3) is 0 Å². The van der Waals surface area contributed by atoms with Gasteiger partial charge in [0.1, 0.15) is 0 Å². The quantitative estimate of drug-likeness (QED) is 0.629. The summed E-state index contributed by atoms with van der Waals surface area (Å²) in [5, 5.41) is 7.42. The number of halogens is 3. The van der Waals surface area contributed by atoms with E-state index in [1.165, 1.54) is 12.1 Å². The van der Waals surface area contributed by atoms with Gasteiger partial charge in [0, 0.05) is 26.3 Å². The molecule has 2 rings (SSSR count). The van der Waals surface area contributed by atoms with Crippen LogP contribution in [0.5, 0.6) is 0 Å². The summed E-state index contributed by atoms with van der Waals surface area (Å²) in [5.74, 6) is 0.705. The Morgan fingerprint density at radius 3 is 2.50 bits per heavy atom. The van der Waals surface area contributed by atoms with Gasteiger partial charge in [-0.1, -0.05) is 12.1 Å². The molecule has 8 heteroatoms. The molecule has 0 aliphatic carbocycles. The van der Waals surface area contributed by atoms with Crippen LogP contribution in [0.1, 0.15) is 23.6 Å². The normalized spacial score (nSPS) is 12.3. The highest BCUT2D eigenvalue weighted by molar-refractivity contribution is 5.79. The van der Waals surface area contributed by atoms with Crippen LogP contribution in [0.4, 0.5) is 13.2 Å². The van der Waals surface area contributed by atoms with Crippen LogP contribution >= 0.6 is 0 Å². The fourth-order valence-electron chi connectivity index (χ4n) is 2.47. The number of hydrogen-bond acceptors (Lipinski definition) is 2. The summed E-state index contributed by atoms with van der Waals surface area (Å²) in [5.41, 5.74) is 1.24. The molecule has 0 unspecified atom stereocenters. The molecule has 0 spiro atoms. The van der Waals surface area contributed by atoms with Crippen LogP contribution in [0.15, 0.2) is 41.7 Å². The lowest BCUT2D eigenvalue weighted by atomic mass is 10.1. The lowest BCUT2D eigenvalue weighted by Crippen LogP contribution is -2.38. The van der Waals surface area contributed by atoms with Gasteiger partial charge in [-0.25, -0.2) is 0 Å². The molecule has 1 N–H and O–H groups in total. The third-order valence-corrected chi connectivity index (χ3v) is 3.75. The standard InChI is InChI=1S/C18H24F3N5/c1-4-22-17(23-9-10-26-12-14(2)11-24-26)25(3)13-15-5-7-16(8-6-15)18(19,20)21/h5-8,11-12H,4,9-10,13H2,1-3H3,(H,22,23). The number of aliphatic imine (C=N–C) groups is 1. The van der Waals surface area contributed by atoms with Crippen molar-refractivity contribution in [2.75, 3.05) is 20.1 Å². The minimum atomic E-state index is -4.31. The van der Waals surface area contributed by atoms with Gasteiger partial charge in [-0.05, 0) is 37.1 Å². The molecular weight excluding hydrogens is 343 g/mol. The van der Waals surface area contributed by atoms with E-state index in [2.05, 4.69) is 15.4 Å². The van der Waals surface area contributed by atoms with Crippen LogP contribution in [-0.4, -0.2) is 40.8 Å². The van der Waals surface area contributed by atoms with E-state index in [-0.39, 0.29) is 0 Å². The molecule has 0 fully saturated rings. The number of aromatic nitrogens is 2. The zero-order chi connectivity index (χ0) is 19.2. The number of aryl methyl sites for hydroxylation is 1. The summed E-state index contributed by atoms with van der Waals surface area (Å²) in [7, 11) is 1.86. The Balaban J connectivity index is 1.98. The Bertz CT molecular complexity index is 719. The van der Waals surface area contributed by atoms with E-state index in [0.29, 0.717) is 32.1 Å². The lowest BCUT2D eigenvalue weighted by Gasteiger charge is -2.22. The molecule has 0 amide bonds. The van der Waals surface area contributed by atoms with Gasteiger partial charge in [-0.2, -0.15) is 18.3 Å². The molecule has 2 aromatic rings. The van der Waals surface area contributed by atoms with Crippen LogP contribution < -0.4 is 5.32 Å². The number of nitrogens with zero attached hydrogens (tertiary/aromatic N) is 4. The second-order valence-corrected chi connectivity index (χ2v) is 6.07. The maximum Gasteiger partial charge on any atom is 0.416 e. The second-order valence-electron chi connectivity index (χ2n) is 6.07. The first kappa shape index (κ1) is 19.8. The van der Waals surface area contributed by atoms with E-state index in [4.69, 9.17) is 0 Å². The zero-order valence-electron chi connectivity index (χ0n) is 15.2. The summed E-state index contributed by atoms with van der Waals surface area (Å²) < 4.78 is 39.8. The third kappa shape index (κ3) is 5.79. The Morgan fingerprint density at radius 1 is 1.27 bits per heavy atom. The Hall–Kier alpha value is -2.51. The van der Waals surface area contributed by atoms with Crippen molar-refractivity contribution in [1.82, 2.24) is 20.0 Å². The fourth-order valence-corrected chi connectivity index (χ4v) is 2.47. The topological polar surface area (TPSA) is 45.5 Å². The van der Waals surface area contributed by atoms with Gasteiger partial charge >= 0.3 is 6.18 Å². The number of benzene rings is 1. The Morgan fingerprint density at radius 2 is 1.96 bits per heavy atom. The molecule has 0 radical (unpaired) electrons. The molecule has 0 bridgehead atoms. The van der Waals surface area contributed by atoms with Crippen molar-refractivity contribution in [3.63, 3.8) is 0 Å². The van der Waals surface area contributed by atoms with Gasteiger partial charge < -0.3 is 10.2 Å². The average Bonchev–Trinajstić information content (AvgIpc) is 2.99. The van der Waals surface area contributed by atoms with E-state index in [0.717, 1.165) is 23.3 Å². The second kappa shape index (κ2) is 8.73. The van der Waals surface area contributed by atoms with Gasteiger partial charge in [0.15, 0.2) is 5.96 Å². The summed E-state index contributed by atoms with van der Waals surface area (Å²) >= 11 is 0. The maximum absolute atomic E-state index is 12.6. The summed E-state index contributed by atoms with van der Waals surface area (Å²) in [4.78, 5) is 6.45. The molecule has 0 saturated heterocycles.